The van der Waals surface area contributed by atoms with Crippen molar-refractivity contribution >= 4 is 11.6 Å². The number of aliphatic hydroxyl groups is 1. The molecule has 1 saturated carbocycles. The van der Waals surface area contributed by atoms with Crippen molar-refractivity contribution < 1.29 is 9.50 Å². The Bertz CT molecular complexity index is 472. The minimum atomic E-state index is -0.724. The number of halogens is 2. The van der Waals surface area contributed by atoms with Gasteiger partial charge in [0.1, 0.15) is 5.82 Å². The van der Waals surface area contributed by atoms with Crippen LogP contribution < -0.4 is 5.73 Å². The molecule has 1 aliphatic rings. The fraction of sp³-hybridized carbons (Fsp3) is 0.647. The van der Waals surface area contributed by atoms with Gasteiger partial charge < -0.3 is 10.8 Å². The largest absolute Gasteiger partial charge is 0.388 e. The van der Waals surface area contributed by atoms with E-state index in [1.54, 1.807) is 6.07 Å². The Balaban J connectivity index is 2.17. The minimum Gasteiger partial charge on any atom is -0.388 e. The average Bonchev–Trinajstić information content (AvgIpc) is 2.48. The van der Waals surface area contributed by atoms with Gasteiger partial charge in [-0.25, -0.2) is 4.39 Å². The highest BCUT2D eigenvalue weighted by Crippen LogP contribution is 2.48. The summed E-state index contributed by atoms with van der Waals surface area (Å²) < 4.78 is 13.2. The van der Waals surface area contributed by atoms with Crippen molar-refractivity contribution in [3.05, 3.63) is 34.6 Å². The maximum atomic E-state index is 13.2. The molecule has 0 spiro atoms. The van der Waals surface area contributed by atoms with E-state index in [4.69, 9.17) is 17.3 Å². The second-order valence-corrected chi connectivity index (χ2v) is 6.77. The highest BCUT2D eigenvalue weighted by atomic mass is 35.5. The van der Waals surface area contributed by atoms with Crippen molar-refractivity contribution in [3.63, 3.8) is 0 Å². The van der Waals surface area contributed by atoms with Crippen LogP contribution in [0.2, 0.25) is 5.02 Å². The van der Waals surface area contributed by atoms with E-state index in [0.717, 1.165) is 31.6 Å². The lowest BCUT2D eigenvalue weighted by Crippen LogP contribution is -2.40. The minimum absolute atomic E-state index is 0.283. The molecule has 1 fully saturated rings. The molecular formula is C17H25ClFNO. The standard InChI is InChI=1S/C17H25ClFNO/c1-2-3-12-6-8-17(11-20,9-7-12)16(21)14-5-4-13(19)10-15(14)18/h4-5,10,12,16,21H,2-3,6-9,11,20H2,1H3. The molecule has 1 atom stereocenters. The molecule has 0 bridgehead atoms. The highest BCUT2D eigenvalue weighted by molar-refractivity contribution is 6.31. The van der Waals surface area contributed by atoms with E-state index < -0.39 is 6.10 Å². The third-order valence-electron chi connectivity index (χ3n) is 5.04. The zero-order valence-corrected chi connectivity index (χ0v) is 13.4. The van der Waals surface area contributed by atoms with E-state index in [-0.39, 0.29) is 16.3 Å². The van der Waals surface area contributed by atoms with E-state index in [2.05, 4.69) is 6.92 Å². The first-order chi connectivity index (χ1) is 10.0. The summed E-state index contributed by atoms with van der Waals surface area (Å²) >= 11 is 6.10. The number of rotatable bonds is 5. The number of hydrogen-bond donors (Lipinski definition) is 2. The molecule has 0 saturated heterocycles. The number of benzene rings is 1. The molecule has 0 aromatic heterocycles. The van der Waals surface area contributed by atoms with Gasteiger partial charge >= 0.3 is 0 Å². The van der Waals surface area contributed by atoms with Gasteiger partial charge in [-0.2, -0.15) is 0 Å². The quantitative estimate of drug-likeness (QED) is 0.843. The molecule has 1 aromatic rings. The normalized spacial score (nSPS) is 27.6. The number of hydrogen-bond acceptors (Lipinski definition) is 2. The Hall–Kier alpha value is -0.640. The molecule has 118 valence electrons. The molecule has 3 N–H and O–H groups in total. The fourth-order valence-electron chi connectivity index (χ4n) is 3.59. The van der Waals surface area contributed by atoms with Crippen molar-refractivity contribution in [1.82, 2.24) is 0 Å². The molecule has 21 heavy (non-hydrogen) atoms. The Morgan fingerprint density at radius 1 is 1.43 bits per heavy atom. The lowest BCUT2D eigenvalue weighted by atomic mass is 9.65. The van der Waals surface area contributed by atoms with Crippen molar-refractivity contribution in [3.8, 4) is 0 Å². The Morgan fingerprint density at radius 2 is 2.10 bits per heavy atom. The third-order valence-corrected chi connectivity index (χ3v) is 5.37. The van der Waals surface area contributed by atoms with E-state index in [0.29, 0.717) is 12.1 Å². The number of nitrogens with two attached hydrogens (primary N) is 1. The van der Waals surface area contributed by atoms with Crippen molar-refractivity contribution in [2.45, 2.75) is 51.6 Å². The first kappa shape index (κ1) is 16.7. The second kappa shape index (κ2) is 7.08. The summed E-state index contributed by atoms with van der Waals surface area (Å²) in [7, 11) is 0. The molecule has 4 heteroatoms. The van der Waals surface area contributed by atoms with Gasteiger partial charge in [0.25, 0.3) is 0 Å². The van der Waals surface area contributed by atoms with Crippen molar-refractivity contribution in [2.75, 3.05) is 6.54 Å². The van der Waals surface area contributed by atoms with Crippen LogP contribution in [-0.2, 0) is 0 Å². The monoisotopic (exact) mass is 313 g/mol. The molecule has 0 aliphatic heterocycles. The van der Waals surface area contributed by atoms with E-state index in [9.17, 15) is 9.50 Å². The zero-order chi connectivity index (χ0) is 15.5. The zero-order valence-electron chi connectivity index (χ0n) is 12.6. The molecule has 0 radical (unpaired) electrons. The average molecular weight is 314 g/mol. The van der Waals surface area contributed by atoms with Crippen LogP contribution in [0.1, 0.15) is 57.1 Å². The van der Waals surface area contributed by atoms with E-state index in [1.807, 2.05) is 0 Å². The van der Waals surface area contributed by atoms with Crippen LogP contribution in [0.5, 0.6) is 0 Å². The van der Waals surface area contributed by atoms with Gasteiger partial charge in [-0.1, -0.05) is 37.4 Å². The Labute approximate surface area is 131 Å². The summed E-state index contributed by atoms with van der Waals surface area (Å²) in [5, 5.41) is 11.1. The maximum Gasteiger partial charge on any atom is 0.124 e. The van der Waals surface area contributed by atoms with Gasteiger partial charge in [0.05, 0.1) is 6.10 Å². The first-order valence-corrected chi connectivity index (χ1v) is 8.23. The molecule has 1 unspecified atom stereocenters. The molecule has 1 aromatic carbocycles. The van der Waals surface area contributed by atoms with Gasteiger partial charge in [0, 0.05) is 17.0 Å². The van der Waals surface area contributed by atoms with Gasteiger partial charge in [0.2, 0.25) is 0 Å². The molecule has 1 aliphatic carbocycles. The van der Waals surface area contributed by atoms with Crippen LogP contribution in [0.4, 0.5) is 4.39 Å². The SMILES string of the molecule is CCCC1CCC(CN)(C(O)c2ccc(F)cc2Cl)CC1. The van der Waals surface area contributed by atoms with Gasteiger partial charge in [-0.05, 0) is 49.3 Å². The summed E-state index contributed by atoms with van der Waals surface area (Å²) in [6, 6.07) is 4.18. The lowest BCUT2D eigenvalue weighted by Gasteiger charge is -2.43. The van der Waals surface area contributed by atoms with Gasteiger partial charge in [-0.3, -0.25) is 0 Å². The highest BCUT2D eigenvalue weighted by Gasteiger charge is 2.41. The Morgan fingerprint density at radius 3 is 2.62 bits per heavy atom. The molecular weight excluding hydrogens is 289 g/mol. The number of aliphatic hydroxyl groups excluding tert-OH is 1. The summed E-state index contributed by atoms with van der Waals surface area (Å²) in [4.78, 5) is 0. The first-order valence-electron chi connectivity index (χ1n) is 7.85. The van der Waals surface area contributed by atoms with Crippen LogP contribution in [-0.4, -0.2) is 11.7 Å². The summed E-state index contributed by atoms with van der Waals surface area (Å²) in [5.74, 6) is 0.356. The molecule has 2 nitrogen and oxygen atoms in total. The lowest BCUT2D eigenvalue weighted by molar-refractivity contribution is -0.0108. The van der Waals surface area contributed by atoms with Crippen LogP contribution >= 0.6 is 11.6 Å². The van der Waals surface area contributed by atoms with Crippen LogP contribution in [0.15, 0.2) is 18.2 Å². The molecule has 0 amide bonds. The summed E-state index contributed by atoms with van der Waals surface area (Å²) in [6.45, 7) is 2.64. The fourth-order valence-corrected chi connectivity index (χ4v) is 3.86. The van der Waals surface area contributed by atoms with Crippen molar-refractivity contribution in [1.29, 1.82) is 0 Å². The van der Waals surface area contributed by atoms with Crippen molar-refractivity contribution in [2.24, 2.45) is 17.1 Å². The van der Waals surface area contributed by atoms with E-state index in [1.165, 1.54) is 25.0 Å². The third kappa shape index (κ3) is 3.58. The Kier molecular flexibility index (Phi) is 5.64. The molecule has 0 heterocycles. The topological polar surface area (TPSA) is 46.2 Å². The predicted molar refractivity (Wildman–Crippen MR) is 84.7 cm³/mol. The molecule has 2 rings (SSSR count). The van der Waals surface area contributed by atoms with Gasteiger partial charge in [-0.15, -0.1) is 0 Å². The van der Waals surface area contributed by atoms with E-state index >= 15 is 0 Å². The maximum absolute atomic E-state index is 13.2. The van der Waals surface area contributed by atoms with Gasteiger partial charge in [0.15, 0.2) is 0 Å². The van der Waals surface area contributed by atoms with Crippen LogP contribution in [0.3, 0.4) is 0 Å². The van der Waals surface area contributed by atoms with Crippen LogP contribution in [0.25, 0.3) is 0 Å². The second-order valence-electron chi connectivity index (χ2n) is 6.37. The smallest absolute Gasteiger partial charge is 0.124 e. The summed E-state index contributed by atoms with van der Waals surface area (Å²) in [6.07, 6.45) is 5.73. The predicted octanol–water partition coefficient (Wildman–Crippen LogP) is 4.45. The summed E-state index contributed by atoms with van der Waals surface area (Å²) in [5.41, 5.74) is 6.27. The van der Waals surface area contributed by atoms with Crippen LogP contribution in [0, 0.1) is 17.2 Å².